The van der Waals surface area contributed by atoms with E-state index in [0.717, 1.165) is 9.97 Å². The Kier molecular flexibility index (Phi) is 2.58. The first-order valence-electron chi connectivity index (χ1n) is 3.97. The molecule has 0 aliphatic rings. The van der Waals surface area contributed by atoms with Crippen molar-refractivity contribution in [3.05, 3.63) is 10.2 Å². The van der Waals surface area contributed by atoms with Gasteiger partial charge in [-0.25, -0.2) is 4.98 Å². The van der Waals surface area contributed by atoms with Crippen LogP contribution in [0.25, 0.3) is 4.96 Å². The molecule has 0 aliphatic carbocycles. The van der Waals surface area contributed by atoms with Gasteiger partial charge in [0.1, 0.15) is 5.01 Å². The predicted octanol–water partition coefficient (Wildman–Crippen LogP) is 1.63. The van der Waals surface area contributed by atoms with Crippen LogP contribution in [0.3, 0.4) is 0 Å². The summed E-state index contributed by atoms with van der Waals surface area (Å²) >= 11 is 7.34. The number of ether oxygens (including phenoxy) is 1. The molecule has 76 valence electrons. The van der Waals surface area contributed by atoms with E-state index in [9.17, 15) is 0 Å². The average molecular weight is 233 g/mol. The van der Waals surface area contributed by atoms with Gasteiger partial charge in [0.15, 0.2) is 11.0 Å². The fourth-order valence-electron chi connectivity index (χ4n) is 1.15. The molecule has 2 heterocycles. The van der Waals surface area contributed by atoms with Crippen molar-refractivity contribution in [3.63, 3.8) is 0 Å². The van der Waals surface area contributed by atoms with Gasteiger partial charge in [-0.3, -0.25) is 0 Å². The number of hydrogen-bond donors (Lipinski definition) is 1. The highest BCUT2D eigenvalue weighted by Crippen LogP contribution is 2.25. The lowest BCUT2D eigenvalue weighted by atomic mass is 10.7. The summed E-state index contributed by atoms with van der Waals surface area (Å²) in [6.45, 7) is 0.495. The Bertz CT molecular complexity index is 452. The molecular formula is C7H9ClN4OS. The summed E-state index contributed by atoms with van der Waals surface area (Å²) in [5.41, 5.74) is 0. The summed E-state index contributed by atoms with van der Waals surface area (Å²) in [6.07, 6.45) is 0. The Morgan fingerprint density at radius 2 is 2.43 bits per heavy atom. The van der Waals surface area contributed by atoms with Crippen LogP contribution in [-0.2, 0) is 11.3 Å². The van der Waals surface area contributed by atoms with Gasteiger partial charge in [-0.2, -0.15) is 9.61 Å². The maximum Gasteiger partial charge on any atom is 0.215 e. The van der Waals surface area contributed by atoms with Crippen molar-refractivity contribution in [2.75, 3.05) is 19.5 Å². The number of halogens is 1. The van der Waals surface area contributed by atoms with Gasteiger partial charge in [0.2, 0.25) is 4.96 Å². The predicted molar refractivity (Wildman–Crippen MR) is 56.1 cm³/mol. The molecule has 7 heteroatoms. The number of rotatable bonds is 3. The van der Waals surface area contributed by atoms with E-state index < -0.39 is 0 Å². The van der Waals surface area contributed by atoms with E-state index in [1.807, 2.05) is 0 Å². The summed E-state index contributed by atoms with van der Waals surface area (Å²) in [6, 6.07) is 0. The maximum absolute atomic E-state index is 5.88. The van der Waals surface area contributed by atoms with Crippen molar-refractivity contribution in [1.82, 2.24) is 14.6 Å². The lowest BCUT2D eigenvalue weighted by Gasteiger charge is -1.95. The van der Waals surface area contributed by atoms with Crippen LogP contribution >= 0.6 is 22.9 Å². The monoisotopic (exact) mass is 232 g/mol. The molecule has 14 heavy (non-hydrogen) atoms. The first-order valence-corrected chi connectivity index (χ1v) is 5.16. The molecular weight excluding hydrogens is 224 g/mol. The van der Waals surface area contributed by atoms with Crippen molar-refractivity contribution in [3.8, 4) is 0 Å². The van der Waals surface area contributed by atoms with E-state index in [0.29, 0.717) is 17.6 Å². The highest BCUT2D eigenvalue weighted by Gasteiger charge is 2.13. The minimum absolute atomic E-state index is 0.440. The van der Waals surface area contributed by atoms with Crippen LogP contribution in [0.1, 0.15) is 5.01 Å². The third-order valence-corrected chi connectivity index (χ3v) is 2.85. The van der Waals surface area contributed by atoms with E-state index in [-0.39, 0.29) is 0 Å². The second kappa shape index (κ2) is 3.72. The molecule has 0 aromatic carbocycles. The highest BCUT2D eigenvalue weighted by molar-refractivity contribution is 7.16. The third-order valence-electron chi connectivity index (χ3n) is 1.71. The molecule has 0 saturated carbocycles. The topological polar surface area (TPSA) is 51.5 Å². The second-order valence-corrected chi connectivity index (χ2v) is 4.02. The molecule has 0 amide bonds. The fourth-order valence-corrected chi connectivity index (χ4v) is 2.32. The quantitative estimate of drug-likeness (QED) is 0.874. The molecule has 1 N–H and O–H groups in total. The summed E-state index contributed by atoms with van der Waals surface area (Å²) in [4.78, 5) is 4.92. The normalized spacial score (nSPS) is 11.1. The van der Waals surface area contributed by atoms with Gasteiger partial charge in [0, 0.05) is 14.2 Å². The molecule has 0 saturated heterocycles. The molecule has 0 aliphatic heterocycles. The third kappa shape index (κ3) is 1.45. The van der Waals surface area contributed by atoms with E-state index in [2.05, 4.69) is 15.4 Å². The van der Waals surface area contributed by atoms with Gasteiger partial charge in [-0.1, -0.05) is 22.9 Å². The van der Waals surface area contributed by atoms with E-state index >= 15 is 0 Å². The van der Waals surface area contributed by atoms with E-state index in [1.54, 1.807) is 18.7 Å². The SMILES string of the molecule is CNc1c(Cl)nc2sc(COC)nn12. The van der Waals surface area contributed by atoms with Gasteiger partial charge < -0.3 is 10.1 Å². The van der Waals surface area contributed by atoms with Crippen molar-refractivity contribution in [2.24, 2.45) is 0 Å². The van der Waals surface area contributed by atoms with Gasteiger partial charge in [0.05, 0.1) is 6.61 Å². The summed E-state index contributed by atoms with van der Waals surface area (Å²) in [5.74, 6) is 0.709. The smallest absolute Gasteiger partial charge is 0.215 e. The van der Waals surface area contributed by atoms with Crippen molar-refractivity contribution >= 4 is 33.7 Å². The Labute approximate surface area is 89.7 Å². The van der Waals surface area contributed by atoms with Crippen LogP contribution in [0.5, 0.6) is 0 Å². The van der Waals surface area contributed by atoms with Crippen LogP contribution < -0.4 is 5.32 Å². The van der Waals surface area contributed by atoms with Gasteiger partial charge in [0.25, 0.3) is 0 Å². The number of methoxy groups -OCH3 is 1. The molecule has 2 aromatic heterocycles. The average Bonchev–Trinajstić information content (AvgIpc) is 2.61. The number of anilines is 1. The molecule has 2 rings (SSSR count). The zero-order chi connectivity index (χ0) is 10.1. The van der Waals surface area contributed by atoms with Gasteiger partial charge >= 0.3 is 0 Å². The van der Waals surface area contributed by atoms with E-state index in [1.165, 1.54) is 11.3 Å². The first-order chi connectivity index (χ1) is 6.76. The Balaban J connectivity index is 2.51. The molecule has 0 unspecified atom stereocenters. The molecule has 0 fully saturated rings. The van der Waals surface area contributed by atoms with Crippen LogP contribution in [0.15, 0.2) is 0 Å². The van der Waals surface area contributed by atoms with Crippen molar-refractivity contribution in [1.29, 1.82) is 0 Å². The summed E-state index contributed by atoms with van der Waals surface area (Å²) in [5, 5.41) is 8.56. The Morgan fingerprint density at radius 1 is 1.64 bits per heavy atom. The highest BCUT2D eigenvalue weighted by atomic mass is 35.5. The molecule has 0 atom stereocenters. The zero-order valence-corrected chi connectivity index (χ0v) is 9.32. The number of nitrogens with zero attached hydrogens (tertiary/aromatic N) is 3. The molecule has 2 aromatic rings. The molecule has 0 spiro atoms. The van der Waals surface area contributed by atoms with Crippen LogP contribution in [0.2, 0.25) is 5.15 Å². The maximum atomic E-state index is 5.88. The zero-order valence-electron chi connectivity index (χ0n) is 7.74. The standard InChI is InChI=1S/C7H9ClN4OS/c1-9-6-5(8)10-7-12(6)11-4(14-7)3-13-2/h9H,3H2,1-2H3. The summed E-state index contributed by atoms with van der Waals surface area (Å²) < 4.78 is 6.67. The van der Waals surface area contributed by atoms with Crippen LogP contribution in [-0.4, -0.2) is 28.8 Å². The lowest BCUT2D eigenvalue weighted by Crippen LogP contribution is -1.96. The Morgan fingerprint density at radius 3 is 3.07 bits per heavy atom. The lowest BCUT2D eigenvalue weighted by molar-refractivity contribution is 0.184. The molecule has 0 bridgehead atoms. The minimum atomic E-state index is 0.440. The second-order valence-electron chi connectivity index (χ2n) is 2.62. The number of hydrogen-bond acceptors (Lipinski definition) is 5. The number of nitrogens with one attached hydrogen (secondary N) is 1. The van der Waals surface area contributed by atoms with E-state index in [4.69, 9.17) is 16.3 Å². The summed E-state index contributed by atoms with van der Waals surface area (Å²) in [7, 11) is 3.42. The fraction of sp³-hybridized carbons (Fsp3) is 0.429. The van der Waals surface area contributed by atoms with Crippen LogP contribution in [0, 0.1) is 0 Å². The van der Waals surface area contributed by atoms with Gasteiger partial charge in [-0.15, -0.1) is 0 Å². The molecule has 0 radical (unpaired) electrons. The number of aromatic nitrogens is 3. The van der Waals surface area contributed by atoms with Gasteiger partial charge in [-0.05, 0) is 0 Å². The number of fused-ring (bicyclic) bond motifs is 1. The van der Waals surface area contributed by atoms with Crippen molar-refractivity contribution < 1.29 is 4.74 Å². The minimum Gasteiger partial charge on any atom is -0.377 e. The first kappa shape index (κ1) is 9.70. The largest absolute Gasteiger partial charge is 0.377 e. The Hall–Kier alpha value is -0.850. The van der Waals surface area contributed by atoms with Crippen LogP contribution in [0.4, 0.5) is 5.82 Å². The molecule has 5 nitrogen and oxygen atoms in total. The van der Waals surface area contributed by atoms with Crippen molar-refractivity contribution in [2.45, 2.75) is 6.61 Å². The number of imidazole rings is 1.